The van der Waals surface area contributed by atoms with E-state index in [4.69, 9.17) is 5.41 Å². The van der Waals surface area contributed by atoms with Crippen molar-refractivity contribution in [1.29, 1.82) is 5.41 Å². The van der Waals surface area contributed by atoms with Crippen molar-refractivity contribution < 1.29 is 0 Å². The number of benzene rings is 1. The molecule has 1 N–H and O–H groups in total. The maximum atomic E-state index is 7.44. The van der Waals surface area contributed by atoms with Crippen LogP contribution in [0.5, 0.6) is 0 Å². The molecule has 4 nitrogen and oxygen atoms in total. The minimum Gasteiger partial charge on any atom is -0.306 e. The van der Waals surface area contributed by atoms with Crippen LogP contribution in [0.1, 0.15) is 19.5 Å². The van der Waals surface area contributed by atoms with E-state index >= 15 is 0 Å². The minimum absolute atomic E-state index is 0.354. The van der Waals surface area contributed by atoms with Crippen LogP contribution in [0.25, 0.3) is 11.4 Å². The summed E-state index contributed by atoms with van der Waals surface area (Å²) in [4.78, 5) is 13.0. The van der Waals surface area contributed by atoms with E-state index in [1.807, 2.05) is 50.4 Å². The first-order valence-electron chi connectivity index (χ1n) is 6.18. The van der Waals surface area contributed by atoms with Crippen molar-refractivity contribution in [3.8, 4) is 11.4 Å². The number of hydrogen-bond donors (Lipinski definition) is 1. The Hall–Kier alpha value is -2.36. The lowest BCUT2D eigenvalue weighted by molar-refractivity contribution is 0.907. The van der Waals surface area contributed by atoms with Crippen LogP contribution in [-0.2, 0) is 0 Å². The molecule has 0 radical (unpaired) electrons. The van der Waals surface area contributed by atoms with Gasteiger partial charge in [0.1, 0.15) is 11.4 Å². The molecule has 0 atom stereocenters. The molecule has 0 amide bonds. The maximum Gasteiger partial charge on any atom is 0.159 e. The molecule has 2 aromatic rings. The minimum atomic E-state index is 0.354. The van der Waals surface area contributed by atoms with Crippen LogP contribution in [0, 0.1) is 11.3 Å². The second-order valence-electron chi connectivity index (χ2n) is 4.50. The van der Waals surface area contributed by atoms with Gasteiger partial charge in [0.25, 0.3) is 0 Å². The average molecular weight is 252 g/mol. The fourth-order valence-electron chi connectivity index (χ4n) is 1.55. The van der Waals surface area contributed by atoms with Crippen molar-refractivity contribution in [1.82, 2.24) is 9.97 Å². The summed E-state index contributed by atoms with van der Waals surface area (Å²) in [7, 11) is 0. The molecule has 2 rings (SSSR count). The van der Waals surface area contributed by atoms with E-state index in [1.165, 1.54) is 6.21 Å². The van der Waals surface area contributed by atoms with Crippen LogP contribution in [0.15, 0.2) is 41.5 Å². The monoisotopic (exact) mass is 252 g/mol. The molecule has 0 aliphatic rings. The fraction of sp³-hybridized carbons (Fsp3) is 0.200. The Kier molecular flexibility index (Phi) is 4.13. The average Bonchev–Trinajstić information content (AvgIpc) is 2.45. The van der Waals surface area contributed by atoms with Gasteiger partial charge in [-0.1, -0.05) is 44.2 Å². The van der Waals surface area contributed by atoms with Crippen molar-refractivity contribution in [3.63, 3.8) is 0 Å². The molecule has 96 valence electrons. The van der Waals surface area contributed by atoms with Crippen molar-refractivity contribution in [2.45, 2.75) is 13.8 Å². The first-order chi connectivity index (χ1) is 9.20. The zero-order valence-electron chi connectivity index (χ0n) is 11.0. The van der Waals surface area contributed by atoms with Gasteiger partial charge in [-0.05, 0) is 5.92 Å². The Labute approximate surface area is 112 Å². The number of hydrogen-bond acceptors (Lipinski definition) is 4. The molecule has 0 saturated heterocycles. The second-order valence-corrected chi connectivity index (χ2v) is 4.50. The van der Waals surface area contributed by atoms with Crippen LogP contribution in [-0.4, -0.2) is 22.4 Å². The number of aliphatic imine (C=N–C) groups is 1. The van der Waals surface area contributed by atoms with Crippen LogP contribution in [0.3, 0.4) is 0 Å². The zero-order valence-corrected chi connectivity index (χ0v) is 11.0. The molecule has 0 bridgehead atoms. The predicted molar refractivity (Wildman–Crippen MR) is 78.3 cm³/mol. The van der Waals surface area contributed by atoms with E-state index < -0.39 is 0 Å². The van der Waals surface area contributed by atoms with E-state index in [-0.39, 0.29) is 0 Å². The Morgan fingerprint density at radius 2 is 1.95 bits per heavy atom. The van der Waals surface area contributed by atoms with E-state index in [9.17, 15) is 0 Å². The topological polar surface area (TPSA) is 62.0 Å². The SMILES string of the molecule is CC(C)C=Nc1cnc(-c2ccccc2)nc1C=N. The third-order valence-corrected chi connectivity index (χ3v) is 2.48. The second kappa shape index (κ2) is 6.00. The Morgan fingerprint density at radius 1 is 1.21 bits per heavy atom. The highest BCUT2D eigenvalue weighted by molar-refractivity contribution is 5.84. The van der Waals surface area contributed by atoms with Crippen molar-refractivity contribution in [3.05, 3.63) is 42.2 Å². The summed E-state index contributed by atoms with van der Waals surface area (Å²) in [5, 5.41) is 7.44. The molecule has 1 aromatic heterocycles. The normalized spacial score (nSPS) is 11.1. The molecule has 0 spiro atoms. The van der Waals surface area contributed by atoms with Gasteiger partial charge in [-0.15, -0.1) is 0 Å². The standard InChI is InChI=1S/C15H16N4/c1-11(2)9-17-14-10-18-15(19-13(14)8-16)12-6-4-3-5-7-12/h3-11,16H,1-2H3. The van der Waals surface area contributed by atoms with E-state index in [0.29, 0.717) is 23.1 Å². The first kappa shape index (κ1) is 13.1. The van der Waals surface area contributed by atoms with Gasteiger partial charge in [-0.2, -0.15) is 0 Å². The van der Waals surface area contributed by atoms with Crippen LogP contribution in [0.4, 0.5) is 5.69 Å². The van der Waals surface area contributed by atoms with Gasteiger partial charge in [0.2, 0.25) is 0 Å². The molecular formula is C15H16N4. The predicted octanol–water partition coefficient (Wildman–Crippen LogP) is 3.50. The van der Waals surface area contributed by atoms with Crippen molar-refractivity contribution in [2.75, 3.05) is 0 Å². The Balaban J connectivity index is 2.39. The third-order valence-electron chi connectivity index (χ3n) is 2.48. The quantitative estimate of drug-likeness (QED) is 0.846. The summed E-state index contributed by atoms with van der Waals surface area (Å²) in [6.45, 7) is 4.10. The summed E-state index contributed by atoms with van der Waals surface area (Å²) >= 11 is 0. The van der Waals surface area contributed by atoms with Crippen molar-refractivity contribution in [2.24, 2.45) is 10.9 Å². The van der Waals surface area contributed by atoms with Crippen LogP contribution >= 0.6 is 0 Å². The molecule has 0 unspecified atom stereocenters. The van der Waals surface area contributed by atoms with Gasteiger partial charge in [0, 0.05) is 18.0 Å². The molecular weight excluding hydrogens is 236 g/mol. The lowest BCUT2D eigenvalue weighted by Crippen LogP contribution is -1.96. The summed E-state index contributed by atoms with van der Waals surface area (Å²) in [5.74, 6) is 0.968. The van der Waals surface area contributed by atoms with Gasteiger partial charge in [0.05, 0.1) is 6.20 Å². The summed E-state index contributed by atoms with van der Waals surface area (Å²) in [6.07, 6.45) is 4.70. The fourth-order valence-corrected chi connectivity index (χ4v) is 1.55. The first-order valence-corrected chi connectivity index (χ1v) is 6.18. The summed E-state index contributed by atoms with van der Waals surface area (Å²) in [5.41, 5.74) is 2.10. The third kappa shape index (κ3) is 3.31. The number of rotatable bonds is 4. The van der Waals surface area contributed by atoms with Crippen LogP contribution in [0.2, 0.25) is 0 Å². The van der Waals surface area contributed by atoms with E-state index in [1.54, 1.807) is 6.20 Å². The molecule has 0 saturated carbocycles. The Morgan fingerprint density at radius 3 is 2.58 bits per heavy atom. The number of nitrogens with zero attached hydrogens (tertiary/aromatic N) is 3. The van der Waals surface area contributed by atoms with Gasteiger partial charge < -0.3 is 5.41 Å². The molecule has 4 heteroatoms. The largest absolute Gasteiger partial charge is 0.306 e. The lowest BCUT2D eigenvalue weighted by atomic mass is 10.2. The van der Waals surface area contributed by atoms with Gasteiger partial charge in [-0.3, -0.25) is 4.99 Å². The number of nitrogens with one attached hydrogen (secondary N) is 1. The molecule has 0 aliphatic heterocycles. The van der Waals surface area contributed by atoms with E-state index in [0.717, 1.165) is 5.56 Å². The Bertz CT molecular complexity index is 588. The lowest BCUT2D eigenvalue weighted by Gasteiger charge is -2.03. The molecule has 0 aliphatic carbocycles. The van der Waals surface area contributed by atoms with Gasteiger partial charge in [-0.25, -0.2) is 9.97 Å². The molecule has 1 heterocycles. The molecule has 1 aromatic carbocycles. The van der Waals surface area contributed by atoms with E-state index in [2.05, 4.69) is 15.0 Å². The van der Waals surface area contributed by atoms with Gasteiger partial charge in [0.15, 0.2) is 5.82 Å². The highest BCUT2D eigenvalue weighted by atomic mass is 14.9. The smallest absolute Gasteiger partial charge is 0.159 e. The summed E-state index contributed by atoms with van der Waals surface area (Å²) < 4.78 is 0. The number of aromatic nitrogens is 2. The zero-order chi connectivity index (χ0) is 13.7. The van der Waals surface area contributed by atoms with Crippen LogP contribution < -0.4 is 0 Å². The highest BCUT2D eigenvalue weighted by Gasteiger charge is 2.05. The molecule has 0 fully saturated rings. The maximum absolute atomic E-state index is 7.44. The van der Waals surface area contributed by atoms with Gasteiger partial charge >= 0.3 is 0 Å². The molecule has 19 heavy (non-hydrogen) atoms. The summed E-state index contributed by atoms with van der Waals surface area (Å²) in [6, 6.07) is 9.71. The van der Waals surface area contributed by atoms with Crippen molar-refractivity contribution >= 4 is 18.1 Å². The highest BCUT2D eigenvalue weighted by Crippen LogP contribution is 2.19.